The Morgan fingerprint density at radius 2 is 1.69 bits per heavy atom. The first-order chi connectivity index (χ1) is 17.1. The second kappa shape index (κ2) is 10.2. The molecule has 3 aromatic carbocycles. The van der Waals surface area contributed by atoms with Crippen LogP contribution in [-0.4, -0.2) is 28.3 Å². The summed E-state index contributed by atoms with van der Waals surface area (Å²) in [6.45, 7) is 0. The van der Waals surface area contributed by atoms with Crippen LogP contribution in [0.2, 0.25) is 0 Å². The largest absolute Gasteiger partial charge is 0.497 e. The zero-order chi connectivity index (χ0) is 24.2. The van der Waals surface area contributed by atoms with Gasteiger partial charge in [0.05, 0.1) is 23.9 Å². The lowest BCUT2D eigenvalue weighted by molar-refractivity contribution is -0.113. The van der Waals surface area contributed by atoms with E-state index in [2.05, 4.69) is 5.32 Å². The molecule has 2 heterocycles. The maximum atomic E-state index is 13.6. The predicted octanol–water partition coefficient (Wildman–Crippen LogP) is 5.85. The lowest BCUT2D eigenvalue weighted by atomic mass is 10.2. The van der Waals surface area contributed by atoms with Crippen LogP contribution in [0.4, 0.5) is 5.69 Å². The van der Waals surface area contributed by atoms with Gasteiger partial charge in [-0.15, -0.1) is 11.3 Å². The van der Waals surface area contributed by atoms with Crippen molar-refractivity contribution < 1.29 is 9.53 Å². The average molecular weight is 500 g/mol. The van der Waals surface area contributed by atoms with E-state index in [0.717, 1.165) is 10.4 Å². The van der Waals surface area contributed by atoms with Crippen LogP contribution in [0.3, 0.4) is 0 Å². The number of aromatic nitrogens is 2. The van der Waals surface area contributed by atoms with E-state index in [4.69, 9.17) is 9.72 Å². The number of ether oxygens (including phenoxy) is 1. The highest BCUT2D eigenvalue weighted by Gasteiger charge is 2.17. The number of methoxy groups -OCH3 is 1. The molecule has 1 N–H and O–H groups in total. The Balaban J connectivity index is 1.48. The first-order valence-corrected chi connectivity index (χ1v) is 12.7. The third kappa shape index (κ3) is 4.99. The van der Waals surface area contributed by atoms with Crippen LogP contribution in [0.25, 0.3) is 26.3 Å². The van der Waals surface area contributed by atoms with Gasteiger partial charge in [-0.25, -0.2) is 4.98 Å². The number of thioether (sulfide) groups is 1. The molecule has 6 nitrogen and oxygen atoms in total. The molecule has 0 radical (unpaired) electrons. The van der Waals surface area contributed by atoms with Gasteiger partial charge in [-0.2, -0.15) is 0 Å². The van der Waals surface area contributed by atoms with Crippen molar-refractivity contribution in [3.05, 3.63) is 101 Å². The molecule has 5 aromatic rings. The molecule has 8 heteroatoms. The fraction of sp³-hybridized carbons (Fsp3) is 0.0741. The standard InChI is InChI=1S/C27H21N3O3S2/c1-33-21-14-12-19(13-15-21)28-24(31)17-34-27-29-25-22(16-23(35-25)18-8-4-2-5-9-18)26(32)30(27)20-10-6-3-7-11-20/h2-16H,17H2,1H3,(H,28,31). The van der Waals surface area contributed by atoms with Gasteiger partial charge in [0.25, 0.3) is 5.56 Å². The summed E-state index contributed by atoms with van der Waals surface area (Å²) in [6.07, 6.45) is 0. The number of rotatable bonds is 7. The van der Waals surface area contributed by atoms with Gasteiger partial charge in [0.1, 0.15) is 10.6 Å². The molecule has 0 aliphatic heterocycles. The number of hydrogen-bond donors (Lipinski definition) is 1. The number of nitrogens with one attached hydrogen (secondary N) is 1. The van der Waals surface area contributed by atoms with Crippen LogP contribution in [-0.2, 0) is 4.79 Å². The van der Waals surface area contributed by atoms with Gasteiger partial charge in [-0.1, -0.05) is 60.3 Å². The molecule has 0 saturated heterocycles. The molecule has 2 aromatic heterocycles. The molecule has 0 aliphatic carbocycles. The molecule has 0 fully saturated rings. The Bertz CT molecular complexity index is 1530. The SMILES string of the molecule is COc1ccc(NC(=O)CSc2nc3sc(-c4ccccc4)cc3c(=O)n2-c2ccccc2)cc1. The van der Waals surface area contributed by atoms with Gasteiger partial charge in [0.15, 0.2) is 5.16 Å². The zero-order valence-corrected chi connectivity index (χ0v) is 20.4. The van der Waals surface area contributed by atoms with Crippen LogP contribution in [0.15, 0.2) is 101 Å². The summed E-state index contributed by atoms with van der Waals surface area (Å²) in [4.78, 5) is 32.7. The fourth-order valence-corrected chi connectivity index (χ4v) is 5.50. The van der Waals surface area contributed by atoms with Crippen molar-refractivity contribution >= 4 is 44.9 Å². The monoisotopic (exact) mass is 499 g/mol. The van der Waals surface area contributed by atoms with Gasteiger partial charge in [-0.3, -0.25) is 14.2 Å². The number of carbonyl (C=O) groups is 1. The lowest BCUT2D eigenvalue weighted by Gasteiger charge is -2.12. The molecule has 0 aliphatic rings. The Morgan fingerprint density at radius 1 is 1.00 bits per heavy atom. The molecular formula is C27H21N3O3S2. The Labute approximate surface area is 210 Å². The van der Waals surface area contributed by atoms with Gasteiger partial charge in [0.2, 0.25) is 5.91 Å². The number of nitrogens with zero attached hydrogens (tertiary/aromatic N) is 2. The lowest BCUT2D eigenvalue weighted by Crippen LogP contribution is -2.22. The third-order valence-electron chi connectivity index (χ3n) is 5.31. The number of anilines is 1. The van der Waals surface area contributed by atoms with Crippen LogP contribution in [0.1, 0.15) is 0 Å². The van der Waals surface area contributed by atoms with Crippen LogP contribution >= 0.6 is 23.1 Å². The van der Waals surface area contributed by atoms with Crippen LogP contribution in [0, 0.1) is 0 Å². The van der Waals surface area contributed by atoms with Crippen molar-refractivity contribution in [2.45, 2.75) is 5.16 Å². The summed E-state index contributed by atoms with van der Waals surface area (Å²) in [7, 11) is 1.59. The molecule has 1 amide bonds. The van der Waals surface area contributed by atoms with E-state index in [1.165, 1.54) is 23.1 Å². The minimum absolute atomic E-state index is 0.105. The van der Waals surface area contributed by atoms with Crippen molar-refractivity contribution in [1.29, 1.82) is 0 Å². The van der Waals surface area contributed by atoms with Crippen molar-refractivity contribution in [3.8, 4) is 21.9 Å². The van der Waals surface area contributed by atoms with Crippen molar-refractivity contribution in [3.63, 3.8) is 0 Å². The van der Waals surface area contributed by atoms with Crippen molar-refractivity contribution in [2.24, 2.45) is 0 Å². The fourth-order valence-electron chi connectivity index (χ4n) is 3.61. The van der Waals surface area contributed by atoms with Gasteiger partial charge in [0, 0.05) is 10.6 Å². The van der Waals surface area contributed by atoms with Crippen molar-refractivity contribution in [2.75, 3.05) is 18.2 Å². The third-order valence-corrected chi connectivity index (χ3v) is 7.33. The summed E-state index contributed by atoms with van der Waals surface area (Å²) in [5, 5.41) is 3.90. The Kier molecular flexibility index (Phi) is 6.65. The second-order valence-electron chi connectivity index (χ2n) is 7.63. The van der Waals surface area contributed by atoms with E-state index in [-0.39, 0.29) is 17.2 Å². The number of para-hydroxylation sites is 1. The van der Waals surface area contributed by atoms with Crippen LogP contribution < -0.4 is 15.6 Å². The summed E-state index contributed by atoms with van der Waals surface area (Å²) in [5.74, 6) is 0.631. The second-order valence-corrected chi connectivity index (χ2v) is 9.60. The molecule has 0 bridgehead atoms. The molecule has 174 valence electrons. The van der Waals surface area contributed by atoms with E-state index < -0.39 is 0 Å². The minimum Gasteiger partial charge on any atom is -0.497 e. The number of fused-ring (bicyclic) bond motifs is 1. The summed E-state index contributed by atoms with van der Waals surface area (Å²) >= 11 is 2.71. The number of amides is 1. The minimum atomic E-state index is -0.190. The topological polar surface area (TPSA) is 73.2 Å². The highest BCUT2D eigenvalue weighted by atomic mass is 32.2. The molecule has 35 heavy (non-hydrogen) atoms. The Morgan fingerprint density at radius 3 is 2.37 bits per heavy atom. The quantitative estimate of drug-likeness (QED) is 0.225. The van der Waals surface area contributed by atoms with E-state index in [0.29, 0.717) is 32.5 Å². The van der Waals surface area contributed by atoms with E-state index in [9.17, 15) is 9.59 Å². The van der Waals surface area contributed by atoms with Gasteiger partial charge < -0.3 is 10.1 Å². The first-order valence-electron chi connectivity index (χ1n) is 10.9. The summed E-state index contributed by atoms with van der Waals surface area (Å²) < 4.78 is 6.73. The maximum absolute atomic E-state index is 13.6. The molecule has 0 atom stereocenters. The highest BCUT2D eigenvalue weighted by molar-refractivity contribution is 7.99. The molecular weight excluding hydrogens is 478 g/mol. The first kappa shape index (κ1) is 22.9. The Hall–Kier alpha value is -3.88. The predicted molar refractivity (Wildman–Crippen MR) is 143 cm³/mol. The van der Waals surface area contributed by atoms with Gasteiger partial charge >= 0.3 is 0 Å². The molecule has 0 saturated carbocycles. The average Bonchev–Trinajstić information content (AvgIpc) is 3.34. The number of hydrogen-bond acceptors (Lipinski definition) is 6. The molecule has 0 spiro atoms. The number of benzene rings is 3. The molecule has 0 unspecified atom stereocenters. The van der Waals surface area contributed by atoms with Gasteiger partial charge in [-0.05, 0) is 48.0 Å². The maximum Gasteiger partial charge on any atom is 0.267 e. The summed E-state index contributed by atoms with van der Waals surface area (Å²) in [6, 6.07) is 28.3. The van der Waals surface area contributed by atoms with E-state index in [1.54, 1.807) is 35.9 Å². The van der Waals surface area contributed by atoms with Crippen molar-refractivity contribution in [1.82, 2.24) is 9.55 Å². The van der Waals surface area contributed by atoms with E-state index in [1.807, 2.05) is 66.7 Å². The summed E-state index contributed by atoms with van der Waals surface area (Å²) in [5.41, 5.74) is 2.26. The van der Waals surface area contributed by atoms with Crippen LogP contribution in [0.5, 0.6) is 5.75 Å². The number of thiophene rings is 1. The van der Waals surface area contributed by atoms with E-state index >= 15 is 0 Å². The zero-order valence-electron chi connectivity index (χ0n) is 18.8. The molecule has 5 rings (SSSR count). The number of carbonyl (C=O) groups excluding carboxylic acids is 1. The smallest absolute Gasteiger partial charge is 0.267 e. The highest BCUT2D eigenvalue weighted by Crippen LogP contribution is 2.32. The normalized spacial score (nSPS) is 10.9.